The lowest BCUT2D eigenvalue weighted by atomic mass is 10.0. The fourth-order valence-corrected chi connectivity index (χ4v) is 10.4. The summed E-state index contributed by atoms with van der Waals surface area (Å²) in [5.41, 5.74) is 0. The maximum absolute atomic E-state index is 12.9. The van der Waals surface area contributed by atoms with Crippen LogP contribution in [0.2, 0.25) is 0 Å². The minimum Gasteiger partial charge on any atom is -0.462 e. The van der Waals surface area contributed by atoms with Crippen LogP contribution in [0.5, 0.6) is 0 Å². The predicted molar refractivity (Wildman–Crippen MR) is 335 cm³/mol. The molecule has 6 heteroatoms. The second kappa shape index (κ2) is 66.1. The first-order chi connectivity index (χ1) is 38.0. The Hall–Kier alpha value is -2.37. The van der Waals surface area contributed by atoms with Crippen LogP contribution >= 0.6 is 0 Å². The molecular formula is C71H132O6. The molecule has 6 nitrogen and oxygen atoms in total. The van der Waals surface area contributed by atoms with Gasteiger partial charge in [0.1, 0.15) is 13.2 Å². The molecule has 0 rings (SSSR count). The van der Waals surface area contributed by atoms with E-state index in [4.69, 9.17) is 14.2 Å². The van der Waals surface area contributed by atoms with Crippen LogP contribution in [-0.4, -0.2) is 37.2 Å². The summed E-state index contributed by atoms with van der Waals surface area (Å²) in [5.74, 6) is -0.851. The van der Waals surface area contributed by atoms with Gasteiger partial charge in [0.15, 0.2) is 6.10 Å². The summed E-state index contributed by atoms with van der Waals surface area (Å²) in [7, 11) is 0. The van der Waals surface area contributed by atoms with Crippen LogP contribution in [0.4, 0.5) is 0 Å². The van der Waals surface area contributed by atoms with Gasteiger partial charge in [0.05, 0.1) is 0 Å². The molecule has 0 heterocycles. The normalized spacial score (nSPS) is 12.2. The molecule has 1 atom stereocenters. The van der Waals surface area contributed by atoms with Crippen molar-refractivity contribution in [2.75, 3.05) is 13.2 Å². The van der Waals surface area contributed by atoms with Crippen LogP contribution in [0, 0.1) is 0 Å². The van der Waals surface area contributed by atoms with E-state index in [-0.39, 0.29) is 31.1 Å². The van der Waals surface area contributed by atoms with Crippen molar-refractivity contribution in [3.63, 3.8) is 0 Å². The van der Waals surface area contributed by atoms with Gasteiger partial charge >= 0.3 is 17.9 Å². The van der Waals surface area contributed by atoms with Gasteiger partial charge < -0.3 is 14.2 Å². The van der Waals surface area contributed by atoms with Gasteiger partial charge in [0.2, 0.25) is 0 Å². The van der Waals surface area contributed by atoms with Crippen LogP contribution in [0.25, 0.3) is 0 Å². The Bertz CT molecular complexity index is 1290. The molecule has 77 heavy (non-hydrogen) atoms. The van der Waals surface area contributed by atoms with E-state index in [0.29, 0.717) is 19.3 Å². The van der Waals surface area contributed by atoms with Gasteiger partial charge in [0.25, 0.3) is 0 Å². The number of carbonyl (C=O) groups excluding carboxylic acids is 3. The number of esters is 3. The lowest BCUT2D eigenvalue weighted by Gasteiger charge is -2.18. The fourth-order valence-electron chi connectivity index (χ4n) is 10.4. The molecule has 0 aliphatic rings. The first-order valence-electron chi connectivity index (χ1n) is 34.5. The van der Waals surface area contributed by atoms with Crippen molar-refractivity contribution in [3.05, 3.63) is 36.5 Å². The Kier molecular flexibility index (Phi) is 64.1. The maximum Gasteiger partial charge on any atom is 0.306 e. The van der Waals surface area contributed by atoms with E-state index in [0.717, 1.165) is 70.6 Å². The van der Waals surface area contributed by atoms with Crippen LogP contribution < -0.4 is 0 Å². The molecule has 0 saturated carbocycles. The summed E-state index contributed by atoms with van der Waals surface area (Å²) in [5, 5.41) is 0. The molecule has 0 aromatic rings. The Labute approximate surface area is 480 Å². The summed E-state index contributed by atoms with van der Waals surface area (Å²) < 4.78 is 16.9. The van der Waals surface area contributed by atoms with E-state index in [9.17, 15) is 14.4 Å². The standard InChI is InChI=1S/C71H132O6/c1-4-7-10-13-16-19-22-25-27-28-29-30-31-32-33-34-35-36-37-38-39-40-41-42-44-46-49-52-55-58-61-64-70(73)76-67-68(66-75-69(72)63-60-57-54-51-48-45-24-21-18-15-12-9-6-3)77-71(74)65-62-59-56-53-50-47-43-26-23-20-17-14-11-8-5-2/h21-22,24-25,28-29,68H,4-20,23,26-27,30-67H2,1-3H3/b24-21-,25-22-,29-28-. The second-order valence-electron chi connectivity index (χ2n) is 23.4. The van der Waals surface area contributed by atoms with E-state index < -0.39 is 6.10 Å². The van der Waals surface area contributed by atoms with E-state index in [2.05, 4.69) is 57.2 Å². The zero-order chi connectivity index (χ0) is 55.7. The lowest BCUT2D eigenvalue weighted by molar-refractivity contribution is -0.167. The molecule has 0 aromatic heterocycles. The third kappa shape index (κ3) is 64.3. The van der Waals surface area contributed by atoms with Gasteiger partial charge in [-0.2, -0.15) is 0 Å². The highest BCUT2D eigenvalue weighted by Crippen LogP contribution is 2.18. The quantitative estimate of drug-likeness (QED) is 0.0261. The Morgan fingerprint density at radius 1 is 0.260 bits per heavy atom. The number of unbranched alkanes of at least 4 members (excludes halogenated alkanes) is 47. The summed E-state index contributed by atoms with van der Waals surface area (Å²) in [6, 6.07) is 0. The van der Waals surface area contributed by atoms with Gasteiger partial charge in [-0.15, -0.1) is 0 Å². The molecule has 0 radical (unpaired) electrons. The van der Waals surface area contributed by atoms with Crippen molar-refractivity contribution in [2.45, 2.75) is 386 Å². The third-order valence-corrected chi connectivity index (χ3v) is 15.6. The molecule has 0 spiro atoms. The van der Waals surface area contributed by atoms with Crippen molar-refractivity contribution < 1.29 is 28.6 Å². The monoisotopic (exact) mass is 1080 g/mol. The topological polar surface area (TPSA) is 78.9 Å². The van der Waals surface area contributed by atoms with Crippen LogP contribution in [0.3, 0.4) is 0 Å². The van der Waals surface area contributed by atoms with Crippen molar-refractivity contribution >= 4 is 17.9 Å². The first kappa shape index (κ1) is 74.6. The van der Waals surface area contributed by atoms with Crippen molar-refractivity contribution in [1.29, 1.82) is 0 Å². The zero-order valence-corrected chi connectivity index (χ0v) is 52.0. The second-order valence-corrected chi connectivity index (χ2v) is 23.4. The molecule has 0 aliphatic heterocycles. The molecule has 0 saturated heterocycles. The molecular weight excluding hydrogens is 949 g/mol. The maximum atomic E-state index is 12.9. The fraction of sp³-hybridized carbons (Fsp3) is 0.873. The van der Waals surface area contributed by atoms with Crippen molar-refractivity contribution in [2.24, 2.45) is 0 Å². The number of allylic oxidation sites excluding steroid dienone is 6. The number of rotatable bonds is 64. The number of hydrogen-bond donors (Lipinski definition) is 0. The third-order valence-electron chi connectivity index (χ3n) is 15.6. The minimum atomic E-state index is -0.771. The predicted octanol–water partition coefficient (Wildman–Crippen LogP) is 23.6. The highest BCUT2D eigenvalue weighted by molar-refractivity contribution is 5.71. The molecule has 0 aliphatic carbocycles. The largest absolute Gasteiger partial charge is 0.462 e. The highest BCUT2D eigenvalue weighted by atomic mass is 16.6. The molecule has 1 unspecified atom stereocenters. The molecule has 0 bridgehead atoms. The van der Waals surface area contributed by atoms with Gasteiger partial charge in [-0.1, -0.05) is 320 Å². The Morgan fingerprint density at radius 3 is 0.740 bits per heavy atom. The number of carbonyl (C=O) groups is 3. The highest BCUT2D eigenvalue weighted by Gasteiger charge is 2.19. The van der Waals surface area contributed by atoms with E-state index in [1.807, 2.05) is 0 Å². The van der Waals surface area contributed by atoms with Gasteiger partial charge in [-0.25, -0.2) is 0 Å². The Balaban J connectivity index is 4.12. The van der Waals surface area contributed by atoms with Gasteiger partial charge in [-0.3, -0.25) is 14.4 Å². The Morgan fingerprint density at radius 2 is 0.468 bits per heavy atom. The molecule has 0 aromatic carbocycles. The SMILES string of the molecule is CCCCCC/C=C\CCCCCCCC(=O)OCC(COC(=O)CCCCCCCCCCCCCCCCCCCCC/C=C\C/C=C\CCCCCCC)OC(=O)CCCCCCCCCCCCCCCCC. The lowest BCUT2D eigenvalue weighted by Crippen LogP contribution is -2.30. The average molecular weight is 1080 g/mol. The number of hydrogen-bond acceptors (Lipinski definition) is 6. The van der Waals surface area contributed by atoms with E-state index >= 15 is 0 Å². The smallest absolute Gasteiger partial charge is 0.306 e. The van der Waals surface area contributed by atoms with Crippen LogP contribution in [0.15, 0.2) is 36.5 Å². The summed E-state index contributed by atoms with van der Waals surface area (Å²) in [4.78, 5) is 38.3. The summed E-state index contributed by atoms with van der Waals surface area (Å²) >= 11 is 0. The van der Waals surface area contributed by atoms with E-state index in [1.54, 1.807) is 0 Å². The zero-order valence-electron chi connectivity index (χ0n) is 52.0. The molecule has 0 amide bonds. The van der Waals surface area contributed by atoms with Gasteiger partial charge in [-0.05, 0) is 77.0 Å². The van der Waals surface area contributed by atoms with Crippen molar-refractivity contribution in [1.82, 2.24) is 0 Å². The van der Waals surface area contributed by atoms with E-state index in [1.165, 1.54) is 270 Å². The average Bonchev–Trinajstić information content (AvgIpc) is 3.43. The number of ether oxygens (including phenoxy) is 3. The first-order valence-corrected chi connectivity index (χ1v) is 34.5. The van der Waals surface area contributed by atoms with Crippen LogP contribution in [-0.2, 0) is 28.6 Å². The molecule has 0 fully saturated rings. The van der Waals surface area contributed by atoms with Gasteiger partial charge in [0, 0.05) is 19.3 Å². The summed E-state index contributed by atoms with van der Waals surface area (Å²) in [6.45, 7) is 6.67. The van der Waals surface area contributed by atoms with Crippen LogP contribution in [0.1, 0.15) is 380 Å². The summed E-state index contributed by atoms with van der Waals surface area (Å²) in [6.07, 6.45) is 81.8. The van der Waals surface area contributed by atoms with Crippen molar-refractivity contribution in [3.8, 4) is 0 Å². The molecule has 452 valence electrons. The minimum absolute atomic E-state index is 0.0687. The molecule has 0 N–H and O–H groups in total.